The molecule has 0 radical (unpaired) electrons. The molecule has 0 amide bonds. The van der Waals surface area contributed by atoms with Crippen molar-refractivity contribution in [3.8, 4) is 0 Å². The molecule has 1 aliphatic rings. The summed E-state index contributed by atoms with van der Waals surface area (Å²) < 4.78 is 0. The lowest BCUT2D eigenvalue weighted by Gasteiger charge is -2.04. The molecule has 6 heteroatoms. The van der Waals surface area contributed by atoms with Gasteiger partial charge in [-0.25, -0.2) is 0 Å². The zero-order valence-electron chi connectivity index (χ0n) is 7.38. The zero-order valence-corrected chi connectivity index (χ0v) is 9.01. The van der Waals surface area contributed by atoms with Crippen LogP contribution < -0.4 is 5.73 Å². The van der Waals surface area contributed by atoms with Gasteiger partial charge in [0.1, 0.15) is 0 Å². The van der Waals surface area contributed by atoms with Crippen molar-refractivity contribution in [1.82, 2.24) is 0 Å². The van der Waals surface area contributed by atoms with Crippen molar-refractivity contribution in [2.45, 2.75) is 18.9 Å². The minimum Gasteiger partial charge on any atom is -0.323 e. The Bertz CT molecular complexity index is 338. The van der Waals surface area contributed by atoms with Crippen LogP contribution in [-0.4, -0.2) is 4.92 Å². The molecule has 0 unspecified atom stereocenters. The first-order valence-corrected chi connectivity index (χ1v) is 5.00. The number of nitrogens with two attached hydrogens (primary N) is 1. The Morgan fingerprint density at radius 3 is 2.64 bits per heavy atom. The van der Waals surface area contributed by atoms with E-state index in [4.69, 9.17) is 5.73 Å². The van der Waals surface area contributed by atoms with E-state index >= 15 is 0 Å². The van der Waals surface area contributed by atoms with E-state index in [-0.39, 0.29) is 28.4 Å². The van der Waals surface area contributed by atoms with Crippen molar-refractivity contribution in [2.24, 2.45) is 11.7 Å². The normalized spacial score (nSPS) is 17.2. The van der Waals surface area contributed by atoms with Gasteiger partial charge in [0.2, 0.25) is 0 Å². The maximum absolute atomic E-state index is 10.4. The molecule has 0 bridgehead atoms. The molecule has 0 aliphatic heterocycles. The van der Waals surface area contributed by atoms with E-state index in [1.54, 1.807) is 6.07 Å². The molecule has 1 saturated carbocycles. The lowest BCUT2D eigenvalue weighted by Crippen LogP contribution is -2.10. The van der Waals surface area contributed by atoms with Crippen LogP contribution in [0.2, 0.25) is 0 Å². The topological polar surface area (TPSA) is 69.2 Å². The highest BCUT2D eigenvalue weighted by Crippen LogP contribution is 2.42. The Hall–Kier alpha value is -0.650. The Kier molecular flexibility index (Phi) is 3.47. The van der Waals surface area contributed by atoms with Crippen LogP contribution in [0.25, 0.3) is 0 Å². The molecule has 0 aromatic carbocycles. The molecule has 1 heterocycles. The molecular weight excluding hydrogens is 224 g/mol. The highest BCUT2D eigenvalue weighted by molar-refractivity contribution is 7.15. The highest BCUT2D eigenvalue weighted by Gasteiger charge is 2.31. The van der Waals surface area contributed by atoms with Crippen LogP contribution in [0.1, 0.15) is 23.8 Å². The number of thiophene rings is 1. The van der Waals surface area contributed by atoms with E-state index < -0.39 is 0 Å². The van der Waals surface area contributed by atoms with Crippen molar-refractivity contribution in [1.29, 1.82) is 0 Å². The van der Waals surface area contributed by atoms with Crippen LogP contribution in [0.15, 0.2) is 12.1 Å². The smallest absolute Gasteiger partial charge is 0.323 e. The number of nitrogens with zero attached hydrogens (tertiary/aromatic N) is 1. The van der Waals surface area contributed by atoms with Gasteiger partial charge in [0.15, 0.2) is 0 Å². The Labute approximate surface area is 91.7 Å². The summed E-state index contributed by atoms with van der Waals surface area (Å²) in [4.78, 5) is 11.0. The van der Waals surface area contributed by atoms with Crippen molar-refractivity contribution >= 4 is 28.7 Å². The SMILES string of the molecule is Cl.N[C@H](c1ccc([N+](=O)[O-])s1)C1CC1. The van der Waals surface area contributed by atoms with Crippen molar-refractivity contribution in [2.75, 3.05) is 0 Å². The molecule has 1 aromatic rings. The summed E-state index contributed by atoms with van der Waals surface area (Å²) in [5.41, 5.74) is 5.90. The van der Waals surface area contributed by atoms with Gasteiger partial charge >= 0.3 is 5.00 Å². The predicted octanol–water partition coefficient (Wildman–Crippen LogP) is 2.49. The van der Waals surface area contributed by atoms with Gasteiger partial charge in [-0.1, -0.05) is 11.3 Å². The quantitative estimate of drug-likeness (QED) is 0.645. The molecule has 1 fully saturated rings. The van der Waals surface area contributed by atoms with Crippen LogP contribution in [0.3, 0.4) is 0 Å². The van der Waals surface area contributed by atoms with E-state index in [1.165, 1.54) is 17.4 Å². The van der Waals surface area contributed by atoms with Gasteiger partial charge in [-0.2, -0.15) is 0 Å². The molecule has 78 valence electrons. The van der Waals surface area contributed by atoms with Gasteiger partial charge in [0, 0.05) is 17.0 Å². The minimum atomic E-state index is -0.367. The molecule has 2 rings (SSSR count). The van der Waals surface area contributed by atoms with Crippen molar-refractivity contribution in [3.63, 3.8) is 0 Å². The summed E-state index contributed by atoms with van der Waals surface area (Å²) in [6, 6.07) is 3.31. The number of hydrogen-bond acceptors (Lipinski definition) is 4. The van der Waals surface area contributed by atoms with Crippen LogP contribution in [-0.2, 0) is 0 Å². The van der Waals surface area contributed by atoms with Crippen LogP contribution in [0, 0.1) is 16.0 Å². The second-order valence-corrected chi connectivity index (χ2v) is 4.39. The summed E-state index contributed by atoms with van der Waals surface area (Å²) in [5, 5.41) is 10.6. The number of rotatable bonds is 3. The van der Waals surface area contributed by atoms with E-state index in [1.807, 2.05) is 0 Å². The predicted molar refractivity (Wildman–Crippen MR) is 57.9 cm³/mol. The fourth-order valence-corrected chi connectivity index (χ4v) is 2.22. The Morgan fingerprint density at radius 1 is 1.57 bits per heavy atom. The minimum absolute atomic E-state index is 0. The van der Waals surface area contributed by atoms with Gasteiger partial charge in [-0.15, -0.1) is 12.4 Å². The third-order valence-corrected chi connectivity index (χ3v) is 3.39. The van der Waals surface area contributed by atoms with Gasteiger partial charge in [-0.3, -0.25) is 10.1 Å². The first-order valence-electron chi connectivity index (χ1n) is 4.18. The second-order valence-electron chi connectivity index (χ2n) is 3.30. The van der Waals surface area contributed by atoms with E-state index in [9.17, 15) is 10.1 Å². The summed E-state index contributed by atoms with van der Waals surface area (Å²) in [6.45, 7) is 0. The third kappa shape index (κ3) is 2.23. The molecule has 4 nitrogen and oxygen atoms in total. The fraction of sp³-hybridized carbons (Fsp3) is 0.500. The molecule has 1 aliphatic carbocycles. The molecule has 14 heavy (non-hydrogen) atoms. The van der Waals surface area contributed by atoms with E-state index in [0.717, 1.165) is 17.7 Å². The van der Waals surface area contributed by atoms with Crippen molar-refractivity contribution in [3.05, 3.63) is 27.1 Å². The standard InChI is InChI=1S/C8H10N2O2S.ClH/c9-8(5-1-2-5)6-3-4-7(13-6)10(11)12;/h3-5,8H,1-2,9H2;1H/t8-;/m0./s1. The fourth-order valence-electron chi connectivity index (χ4n) is 1.31. The lowest BCUT2D eigenvalue weighted by molar-refractivity contribution is -0.380. The first kappa shape index (κ1) is 11.4. The zero-order chi connectivity index (χ0) is 9.42. The van der Waals surface area contributed by atoms with E-state index in [0.29, 0.717) is 5.92 Å². The largest absolute Gasteiger partial charge is 0.324 e. The molecule has 0 saturated heterocycles. The summed E-state index contributed by atoms with van der Waals surface area (Å²) in [7, 11) is 0. The highest BCUT2D eigenvalue weighted by atomic mass is 35.5. The average Bonchev–Trinajstić information content (AvgIpc) is 2.81. The molecule has 1 aromatic heterocycles. The first-order chi connectivity index (χ1) is 6.18. The van der Waals surface area contributed by atoms with Crippen LogP contribution >= 0.6 is 23.7 Å². The number of nitro groups is 1. The van der Waals surface area contributed by atoms with Crippen molar-refractivity contribution < 1.29 is 4.92 Å². The second kappa shape index (κ2) is 4.25. The van der Waals surface area contributed by atoms with Gasteiger partial charge < -0.3 is 5.73 Å². The van der Waals surface area contributed by atoms with Gasteiger partial charge in [0.25, 0.3) is 0 Å². The summed E-state index contributed by atoms with van der Waals surface area (Å²) >= 11 is 1.19. The number of halogens is 1. The van der Waals surface area contributed by atoms with Crippen LogP contribution in [0.5, 0.6) is 0 Å². The molecule has 0 spiro atoms. The third-order valence-electron chi connectivity index (χ3n) is 2.25. The maximum Gasteiger partial charge on any atom is 0.324 e. The Morgan fingerprint density at radius 2 is 2.21 bits per heavy atom. The summed E-state index contributed by atoms with van der Waals surface area (Å²) in [6.07, 6.45) is 2.32. The van der Waals surface area contributed by atoms with E-state index in [2.05, 4.69) is 0 Å². The van der Waals surface area contributed by atoms with Crippen LogP contribution in [0.4, 0.5) is 5.00 Å². The molecular formula is C8H11ClN2O2S. The molecule has 2 N–H and O–H groups in total. The number of hydrogen-bond donors (Lipinski definition) is 1. The Balaban J connectivity index is 0.000000980. The lowest BCUT2D eigenvalue weighted by atomic mass is 10.2. The monoisotopic (exact) mass is 234 g/mol. The summed E-state index contributed by atoms with van der Waals surface area (Å²) in [5.74, 6) is 0.554. The average molecular weight is 235 g/mol. The maximum atomic E-state index is 10.4. The van der Waals surface area contributed by atoms with Gasteiger partial charge in [0.05, 0.1) is 4.92 Å². The molecule has 1 atom stereocenters. The van der Waals surface area contributed by atoms with Gasteiger partial charge in [-0.05, 0) is 24.8 Å².